The predicted octanol–water partition coefficient (Wildman–Crippen LogP) is 2.72. The molecule has 0 spiro atoms. The van der Waals surface area contributed by atoms with E-state index in [1.165, 1.54) is 0 Å². The van der Waals surface area contributed by atoms with Gasteiger partial charge in [0.15, 0.2) is 0 Å². The molecule has 0 aromatic carbocycles. The van der Waals surface area contributed by atoms with E-state index in [0.717, 1.165) is 73.0 Å². The highest BCUT2D eigenvalue weighted by molar-refractivity contribution is 6.02. The molecule has 7 heteroatoms. The van der Waals surface area contributed by atoms with Gasteiger partial charge in [-0.15, -0.1) is 0 Å². The SMILES string of the molecule is CN=C1CCN(c2ccc3nc(N4CCC(NC(C)(C)C)C4)ccc3n2)CC1=CN. The van der Waals surface area contributed by atoms with Crippen LogP contribution in [0.25, 0.3) is 11.0 Å². The molecular weight excluding hydrogens is 374 g/mol. The van der Waals surface area contributed by atoms with E-state index in [1.807, 2.05) is 7.05 Å². The molecule has 0 bridgehead atoms. The zero-order valence-corrected chi connectivity index (χ0v) is 18.5. The van der Waals surface area contributed by atoms with Crippen molar-refractivity contribution >= 4 is 28.4 Å². The van der Waals surface area contributed by atoms with Crippen molar-refractivity contribution < 1.29 is 0 Å². The number of hydrogen-bond donors (Lipinski definition) is 2. The van der Waals surface area contributed by atoms with Gasteiger partial charge in [-0.1, -0.05) is 0 Å². The number of aliphatic imine (C=N–C) groups is 1. The molecule has 0 radical (unpaired) electrons. The predicted molar refractivity (Wildman–Crippen MR) is 126 cm³/mol. The summed E-state index contributed by atoms with van der Waals surface area (Å²) in [6.07, 6.45) is 3.69. The normalized spacial score (nSPS) is 23.1. The second kappa shape index (κ2) is 8.22. The van der Waals surface area contributed by atoms with Crippen molar-refractivity contribution in [2.45, 2.75) is 45.2 Å². The van der Waals surface area contributed by atoms with Gasteiger partial charge in [0, 0.05) is 68.7 Å². The maximum Gasteiger partial charge on any atom is 0.129 e. The van der Waals surface area contributed by atoms with E-state index in [0.29, 0.717) is 6.04 Å². The van der Waals surface area contributed by atoms with Crippen molar-refractivity contribution in [3.05, 3.63) is 36.0 Å². The van der Waals surface area contributed by atoms with Crippen LogP contribution in [0.1, 0.15) is 33.6 Å². The van der Waals surface area contributed by atoms with Crippen molar-refractivity contribution in [3.63, 3.8) is 0 Å². The van der Waals surface area contributed by atoms with E-state index in [4.69, 9.17) is 15.7 Å². The Morgan fingerprint density at radius 1 is 1.07 bits per heavy atom. The van der Waals surface area contributed by atoms with Crippen LogP contribution in [0.3, 0.4) is 0 Å². The first-order valence-corrected chi connectivity index (χ1v) is 10.8. The third-order valence-corrected chi connectivity index (χ3v) is 5.81. The number of aromatic nitrogens is 2. The third-order valence-electron chi connectivity index (χ3n) is 5.81. The fourth-order valence-corrected chi connectivity index (χ4v) is 4.42. The van der Waals surface area contributed by atoms with E-state index in [1.54, 1.807) is 6.20 Å². The first kappa shape index (κ1) is 20.6. The zero-order valence-electron chi connectivity index (χ0n) is 18.5. The maximum absolute atomic E-state index is 5.81. The highest BCUT2D eigenvalue weighted by Gasteiger charge is 2.27. The molecule has 160 valence electrons. The number of anilines is 2. The number of pyridine rings is 2. The van der Waals surface area contributed by atoms with Crippen LogP contribution >= 0.6 is 0 Å². The van der Waals surface area contributed by atoms with Crippen LogP contribution in [0.15, 0.2) is 41.0 Å². The van der Waals surface area contributed by atoms with Gasteiger partial charge in [-0.3, -0.25) is 4.99 Å². The standard InChI is InChI=1S/C23H33N7/c1-23(2,3)28-17-9-11-30(15-17)22-8-6-19-20(27-22)5-7-21(26-19)29-12-10-18(25-4)16(13-24)14-29/h5-8,13,17,28H,9-12,14-15,24H2,1-4H3. The number of piperidine rings is 1. The lowest BCUT2D eigenvalue weighted by atomic mass is 10.0. The molecule has 2 aromatic rings. The molecule has 0 amide bonds. The minimum Gasteiger partial charge on any atom is -0.404 e. The molecular formula is C23H33N7. The molecule has 2 fully saturated rings. The summed E-state index contributed by atoms with van der Waals surface area (Å²) < 4.78 is 0. The van der Waals surface area contributed by atoms with Gasteiger partial charge in [0.2, 0.25) is 0 Å². The summed E-state index contributed by atoms with van der Waals surface area (Å²) in [5, 5.41) is 3.71. The van der Waals surface area contributed by atoms with E-state index in [9.17, 15) is 0 Å². The van der Waals surface area contributed by atoms with Gasteiger partial charge < -0.3 is 20.9 Å². The fourth-order valence-electron chi connectivity index (χ4n) is 4.42. The summed E-state index contributed by atoms with van der Waals surface area (Å²) in [7, 11) is 1.83. The zero-order chi connectivity index (χ0) is 21.3. The summed E-state index contributed by atoms with van der Waals surface area (Å²) in [5.74, 6) is 1.99. The molecule has 1 atom stereocenters. The van der Waals surface area contributed by atoms with Crippen LogP contribution in [0.2, 0.25) is 0 Å². The van der Waals surface area contributed by atoms with Crippen molar-refractivity contribution in [2.24, 2.45) is 10.7 Å². The number of rotatable bonds is 3. The van der Waals surface area contributed by atoms with E-state index < -0.39 is 0 Å². The fraction of sp³-hybridized carbons (Fsp3) is 0.522. The highest BCUT2D eigenvalue weighted by atomic mass is 15.2. The molecule has 7 nitrogen and oxygen atoms in total. The average molecular weight is 408 g/mol. The van der Waals surface area contributed by atoms with E-state index in [2.05, 4.69) is 65.1 Å². The van der Waals surface area contributed by atoms with Gasteiger partial charge in [-0.25, -0.2) is 9.97 Å². The molecule has 1 unspecified atom stereocenters. The van der Waals surface area contributed by atoms with Gasteiger partial charge in [0.1, 0.15) is 11.6 Å². The molecule has 2 aliphatic heterocycles. The van der Waals surface area contributed by atoms with Crippen LogP contribution in [0, 0.1) is 0 Å². The topological polar surface area (TPSA) is 82.7 Å². The summed E-state index contributed by atoms with van der Waals surface area (Å²) in [6.45, 7) is 10.3. The van der Waals surface area contributed by atoms with Crippen molar-refractivity contribution in [1.82, 2.24) is 15.3 Å². The van der Waals surface area contributed by atoms with Crippen LogP contribution in [0.4, 0.5) is 11.6 Å². The Morgan fingerprint density at radius 2 is 1.73 bits per heavy atom. The molecule has 30 heavy (non-hydrogen) atoms. The lowest BCUT2D eigenvalue weighted by molar-refractivity contribution is 0.373. The Bertz CT molecular complexity index is 973. The van der Waals surface area contributed by atoms with E-state index in [-0.39, 0.29) is 5.54 Å². The Balaban J connectivity index is 1.50. The van der Waals surface area contributed by atoms with Crippen molar-refractivity contribution in [1.29, 1.82) is 0 Å². The summed E-state index contributed by atoms with van der Waals surface area (Å²) in [6, 6.07) is 8.84. The summed E-state index contributed by atoms with van der Waals surface area (Å²) in [5.41, 5.74) is 9.97. The Morgan fingerprint density at radius 3 is 2.33 bits per heavy atom. The van der Waals surface area contributed by atoms with E-state index >= 15 is 0 Å². The van der Waals surface area contributed by atoms with Crippen LogP contribution < -0.4 is 20.9 Å². The minimum atomic E-state index is 0.134. The smallest absolute Gasteiger partial charge is 0.129 e. The molecule has 3 N–H and O–H groups in total. The van der Waals surface area contributed by atoms with Gasteiger partial charge in [-0.2, -0.15) is 0 Å². The number of nitrogens with one attached hydrogen (secondary N) is 1. The first-order valence-electron chi connectivity index (χ1n) is 10.8. The van der Waals surface area contributed by atoms with Gasteiger partial charge >= 0.3 is 0 Å². The van der Waals surface area contributed by atoms with Crippen molar-refractivity contribution in [3.8, 4) is 0 Å². The molecule has 0 saturated carbocycles. The summed E-state index contributed by atoms with van der Waals surface area (Å²) >= 11 is 0. The van der Waals surface area contributed by atoms with Crippen LogP contribution in [-0.4, -0.2) is 60.5 Å². The number of nitrogens with two attached hydrogens (primary N) is 1. The number of hydrogen-bond acceptors (Lipinski definition) is 7. The van der Waals surface area contributed by atoms with Gasteiger partial charge in [0.25, 0.3) is 0 Å². The van der Waals surface area contributed by atoms with Crippen LogP contribution in [-0.2, 0) is 0 Å². The maximum atomic E-state index is 5.81. The average Bonchev–Trinajstić information content (AvgIpc) is 3.19. The largest absolute Gasteiger partial charge is 0.404 e. The second-order valence-electron chi connectivity index (χ2n) is 9.24. The van der Waals surface area contributed by atoms with Crippen molar-refractivity contribution in [2.75, 3.05) is 43.0 Å². The Hall–Kier alpha value is -2.67. The molecule has 4 rings (SSSR count). The van der Waals surface area contributed by atoms with Crippen LogP contribution in [0.5, 0.6) is 0 Å². The number of nitrogens with zero attached hydrogens (tertiary/aromatic N) is 5. The lowest BCUT2D eigenvalue weighted by Crippen LogP contribution is -2.44. The Labute approximate surface area is 179 Å². The third kappa shape index (κ3) is 4.41. The summed E-state index contributed by atoms with van der Waals surface area (Å²) in [4.78, 5) is 18.7. The molecule has 2 aromatic heterocycles. The monoisotopic (exact) mass is 407 g/mol. The van der Waals surface area contributed by atoms with Gasteiger partial charge in [0.05, 0.1) is 11.0 Å². The molecule has 2 aliphatic rings. The molecule has 4 heterocycles. The van der Waals surface area contributed by atoms with Gasteiger partial charge in [-0.05, 0) is 51.5 Å². The highest BCUT2D eigenvalue weighted by Crippen LogP contribution is 2.25. The Kier molecular flexibility index (Phi) is 5.64. The minimum absolute atomic E-state index is 0.134. The lowest BCUT2D eigenvalue weighted by Gasteiger charge is -2.30. The molecule has 0 aliphatic carbocycles. The number of fused-ring (bicyclic) bond motifs is 1. The quantitative estimate of drug-likeness (QED) is 0.814. The molecule has 2 saturated heterocycles. The first-order chi connectivity index (χ1) is 14.4. The second-order valence-corrected chi connectivity index (χ2v) is 9.24.